The number of hydrogen-bond donors (Lipinski definition) is 2. The van der Waals surface area contributed by atoms with Crippen LogP contribution in [0.4, 0.5) is 0 Å². The summed E-state index contributed by atoms with van der Waals surface area (Å²) >= 11 is 5.92. The van der Waals surface area contributed by atoms with Gasteiger partial charge in [0.05, 0.1) is 11.9 Å². The van der Waals surface area contributed by atoms with Crippen molar-refractivity contribution in [3.05, 3.63) is 46.6 Å². The number of nitriles is 1. The minimum Gasteiger partial charge on any atom is -0.349 e. The van der Waals surface area contributed by atoms with E-state index in [4.69, 9.17) is 11.6 Å². The van der Waals surface area contributed by atoms with Gasteiger partial charge in [0.1, 0.15) is 11.6 Å². The lowest BCUT2D eigenvalue weighted by molar-refractivity contribution is -0.117. The first-order valence-electron chi connectivity index (χ1n) is 8.39. The van der Waals surface area contributed by atoms with Crippen molar-refractivity contribution in [1.29, 1.82) is 5.26 Å². The van der Waals surface area contributed by atoms with Gasteiger partial charge in [0.2, 0.25) is 0 Å². The largest absolute Gasteiger partial charge is 0.349 e. The maximum Gasteiger partial charge on any atom is 0.262 e. The van der Waals surface area contributed by atoms with Crippen LogP contribution in [0.5, 0.6) is 0 Å². The second-order valence-corrected chi connectivity index (χ2v) is 6.62. The monoisotopic (exact) mass is 354 g/mol. The third kappa shape index (κ3) is 4.28. The number of benzene rings is 1. The molecule has 0 unspecified atom stereocenters. The van der Waals surface area contributed by atoms with Gasteiger partial charge >= 0.3 is 0 Å². The maximum atomic E-state index is 12.4. The fourth-order valence-electron chi connectivity index (χ4n) is 3.07. The van der Waals surface area contributed by atoms with Gasteiger partial charge in [-0.3, -0.25) is 9.89 Å². The van der Waals surface area contributed by atoms with Gasteiger partial charge in [-0.25, -0.2) is 0 Å². The number of carbonyl (C=O) groups excluding carboxylic acids is 1. The topological polar surface area (TPSA) is 81.6 Å². The first kappa shape index (κ1) is 17.2. The number of aromatic nitrogens is 2. The SMILES string of the molecule is N#CC(=Cc1cn[nH]c1-c1ccc(Cl)cc1)C(=O)NC1CCCCC1. The van der Waals surface area contributed by atoms with Crippen LogP contribution in [-0.2, 0) is 4.79 Å². The van der Waals surface area contributed by atoms with E-state index < -0.39 is 0 Å². The summed E-state index contributed by atoms with van der Waals surface area (Å²) in [5.41, 5.74) is 2.41. The minimum atomic E-state index is -0.322. The van der Waals surface area contributed by atoms with E-state index >= 15 is 0 Å². The summed E-state index contributed by atoms with van der Waals surface area (Å²) in [5, 5.41) is 20.0. The van der Waals surface area contributed by atoms with E-state index in [2.05, 4.69) is 15.5 Å². The fourth-order valence-corrected chi connectivity index (χ4v) is 3.19. The molecular weight excluding hydrogens is 336 g/mol. The zero-order chi connectivity index (χ0) is 17.6. The van der Waals surface area contributed by atoms with E-state index in [-0.39, 0.29) is 17.5 Å². The Labute approximate surface area is 151 Å². The summed E-state index contributed by atoms with van der Waals surface area (Å²) in [6.07, 6.45) is 8.60. The molecule has 5 nitrogen and oxygen atoms in total. The second-order valence-electron chi connectivity index (χ2n) is 6.19. The number of carbonyl (C=O) groups is 1. The average Bonchev–Trinajstić information content (AvgIpc) is 3.09. The van der Waals surface area contributed by atoms with Gasteiger partial charge < -0.3 is 5.32 Å². The molecule has 1 aromatic heterocycles. The van der Waals surface area contributed by atoms with Crippen molar-refractivity contribution in [3.8, 4) is 17.3 Å². The summed E-state index contributed by atoms with van der Waals surface area (Å²) in [4.78, 5) is 12.4. The van der Waals surface area contributed by atoms with Gasteiger partial charge in [0.15, 0.2) is 0 Å². The lowest BCUT2D eigenvalue weighted by Crippen LogP contribution is -2.36. The Morgan fingerprint density at radius 2 is 2.00 bits per heavy atom. The van der Waals surface area contributed by atoms with Crippen molar-refractivity contribution < 1.29 is 4.79 Å². The van der Waals surface area contributed by atoms with E-state index in [0.717, 1.165) is 36.9 Å². The molecule has 0 saturated heterocycles. The van der Waals surface area contributed by atoms with Gasteiger partial charge in [-0.05, 0) is 31.1 Å². The Hall–Kier alpha value is -2.58. The van der Waals surface area contributed by atoms with Gasteiger partial charge in [-0.15, -0.1) is 0 Å². The predicted octanol–water partition coefficient (Wildman–Crippen LogP) is 4.09. The van der Waals surface area contributed by atoms with Crippen LogP contribution in [0, 0.1) is 11.3 Å². The van der Waals surface area contributed by atoms with Crippen molar-refractivity contribution in [1.82, 2.24) is 15.5 Å². The van der Waals surface area contributed by atoms with Crippen molar-refractivity contribution in [3.63, 3.8) is 0 Å². The Morgan fingerprint density at radius 1 is 1.28 bits per heavy atom. The first-order valence-corrected chi connectivity index (χ1v) is 8.77. The number of rotatable bonds is 4. The van der Waals surface area contributed by atoms with Crippen LogP contribution >= 0.6 is 11.6 Å². The number of amides is 1. The zero-order valence-electron chi connectivity index (χ0n) is 13.8. The molecule has 0 radical (unpaired) electrons. The van der Waals surface area contributed by atoms with E-state index in [1.54, 1.807) is 24.4 Å². The molecule has 1 heterocycles. The zero-order valence-corrected chi connectivity index (χ0v) is 14.5. The third-order valence-corrected chi connectivity index (χ3v) is 4.66. The van der Waals surface area contributed by atoms with Crippen molar-refractivity contribution >= 4 is 23.6 Å². The van der Waals surface area contributed by atoms with Crippen LogP contribution in [0.15, 0.2) is 36.0 Å². The molecule has 0 atom stereocenters. The summed E-state index contributed by atoms with van der Waals surface area (Å²) in [6.45, 7) is 0. The number of hydrogen-bond acceptors (Lipinski definition) is 3. The molecule has 1 fully saturated rings. The molecule has 1 amide bonds. The number of nitrogens with zero attached hydrogens (tertiary/aromatic N) is 2. The highest BCUT2D eigenvalue weighted by molar-refractivity contribution is 6.30. The Morgan fingerprint density at radius 3 is 2.68 bits per heavy atom. The van der Waals surface area contributed by atoms with Crippen LogP contribution in [0.1, 0.15) is 37.7 Å². The molecule has 1 aromatic carbocycles. The third-order valence-electron chi connectivity index (χ3n) is 4.41. The van der Waals surface area contributed by atoms with Crippen molar-refractivity contribution in [2.24, 2.45) is 0 Å². The van der Waals surface area contributed by atoms with E-state index in [9.17, 15) is 10.1 Å². The normalized spacial score (nSPS) is 15.6. The smallest absolute Gasteiger partial charge is 0.262 e. The standard InChI is InChI=1S/C19H19ClN4O/c20-16-8-6-13(7-9-16)18-15(12-22-24-18)10-14(11-21)19(25)23-17-4-2-1-3-5-17/h6-10,12,17H,1-5H2,(H,22,24)(H,23,25). The number of H-pyrrole nitrogens is 1. The second kappa shape index (κ2) is 8.00. The molecule has 1 aliphatic rings. The predicted molar refractivity (Wildman–Crippen MR) is 97.6 cm³/mol. The van der Waals surface area contributed by atoms with Crippen molar-refractivity contribution in [2.75, 3.05) is 0 Å². The quantitative estimate of drug-likeness (QED) is 0.641. The number of aromatic amines is 1. The maximum absolute atomic E-state index is 12.4. The molecule has 6 heteroatoms. The first-order chi connectivity index (χ1) is 12.2. The van der Waals surface area contributed by atoms with Gasteiger partial charge in [-0.2, -0.15) is 10.4 Å². The molecule has 25 heavy (non-hydrogen) atoms. The van der Waals surface area contributed by atoms with E-state index in [1.165, 1.54) is 6.42 Å². The molecule has 2 N–H and O–H groups in total. The molecule has 1 saturated carbocycles. The molecule has 0 bridgehead atoms. The Kier molecular flexibility index (Phi) is 5.52. The van der Waals surface area contributed by atoms with Crippen LogP contribution in [-0.4, -0.2) is 22.1 Å². The molecule has 0 spiro atoms. The van der Waals surface area contributed by atoms with Crippen LogP contribution in [0.3, 0.4) is 0 Å². The average molecular weight is 355 g/mol. The van der Waals surface area contributed by atoms with Gasteiger partial charge in [0.25, 0.3) is 5.91 Å². The number of nitrogens with one attached hydrogen (secondary N) is 2. The lowest BCUT2D eigenvalue weighted by Gasteiger charge is -2.22. The fraction of sp³-hybridized carbons (Fsp3) is 0.316. The van der Waals surface area contributed by atoms with Crippen molar-refractivity contribution in [2.45, 2.75) is 38.1 Å². The van der Waals surface area contributed by atoms with Gasteiger partial charge in [-0.1, -0.05) is 43.0 Å². The van der Waals surface area contributed by atoms with Gasteiger partial charge in [0, 0.05) is 22.2 Å². The Bertz CT molecular complexity index is 811. The highest BCUT2D eigenvalue weighted by atomic mass is 35.5. The van der Waals surface area contributed by atoms with Crippen LogP contribution in [0.2, 0.25) is 5.02 Å². The molecule has 1 aliphatic carbocycles. The van der Waals surface area contributed by atoms with Crippen LogP contribution in [0.25, 0.3) is 17.3 Å². The van der Waals surface area contributed by atoms with E-state index in [1.807, 2.05) is 18.2 Å². The summed E-state index contributed by atoms with van der Waals surface area (Å²) in [6, 6.07) is 9.46. The number of halogens is 1. The Balaban J connectivity index is 1.81. The summed E-state index contributed by atoms with van der Waals surface area (Å²) in [5.74, 6) is -0.322. The lowest BCUT2D eigenvalue weighted by atomic mass is 9.95. The molecule has 128 valence electrons. The molecule has 0 aliphatic heterocycles. The highest BCUT2D eigenvalue weighted by Crippen LogP contribution is 2.25. The molecule has 3 rings (SSSR count). The molecule has 2 aromatic rings. The summed E-state index contributed by atoms with van der Waals surface area (Å²) < 4.78 is 0. The van der Waals surface area contributed by atoms with Crippen LogP contribution < -0.4 is 5.32 Å². The summed E-state index contributed by atoms with van der Waals surface area (Å²) in [7, 11) is 0. The molecular formula is C19H19ClN4O. The van der Waals surface area contributed by atoms with E-state index in [0.29, 0.717) is 10.6 Å². The highest BCUT2D eigenvalue weighted by Gasteiger charge is 2.18. The minimum absolute atomic E-state index is 0.0854.